The van der Waals surface area contributed by atoms with Crippen molar-refractivity contribution in [1.29, 1.82) is 0 Å². The molecule has 1 aliphatic rings. The number of fused-ring (bicyclic) bond motifs is 1. The smallest absolute Gasteiger partial charge is 0.254 e. The highest BCUT2D eigenvalue weighted by Crippen LogP contribution is 2.17. The summed E-state index contributed by atoms with van der Waals surface area (Å²) in [5, 5.41) is 5.37. The number of morpholine rings is 1. The van der Waals surface area contributed by atoms with E-state index in [0.29, 0.717) is 26.3 Å². The van der Waals surface area contributed by atoms with Crippen LogP contribution in [0, 0.1) is 0 Å². The van der Waals surface area contributed by atoms with Crippen LogP contribution in [0.2, 0.25) is 0 Å². The van der Waals surface area contributed by atoms with Crippen molar-refractivity contribution < 1.29 is 9.53 Å². The second kappa shape index (κ2) is 5.01. The molecule has 19 heavy (non-hydrogen) atoms. The molecule has 5 heteroatoms. The maximum absolute atomic E-state index is 12.4. The highest BCUT2D eigenvalue weighted by atomic mass is 16.5. The number of hydrogen-bond acceptors (Lipinski definition) is 3. The van der Waals surface area contributed by atoms with Crippen molar-refractivity contribution in [2.75, 3.05) is 26.3 Å². The molecule has 2 heterocycles. The van der Waals surface area contributed by atoms with Gasteiger partial charge in [0.15, 0.2) is 0 Å². The van der Waals surface area contributed by atoms with Gasteiger partial charge in [0.1, 0.15) is 0 Å². The number of rotatable bonds is 2. The number of aryl methyl sites for hydroxylation is 1. The topological polar surface area (TPSA) is 47.4 Å². The van der Waals surface area contributed by atoms with Crippen LogP contribution < -0.4 is 0 Å². The van der Waals surface area contributed by atoms with Crippen LogP contribution in [-0.4, -0.2) is 46.9 Å². The van der Waals surface area contributed by atoms with Crippen molar-refractivity contribution in [1.82, 2.24) is 14.7 Å². The summed E-state index contributed by atoms with van der Waals surface area (Å²) < 4.78 is 7.18. The van der Waals surface area contributed by atoms with Crippen LogP contribution in [0.25, 0.3) is 10.9 Å². The van der Waals surface area contributed by atoms with E-state index in [2.05, 4.69) is 5.10 Å². The Labute approximate surface area is 111 Å². The lowest BCUT2D eigenvalue weighted by Gasteiger charge is -2.26. The molecule has 1 aromatic carbocycles. The summed E-state index contributed by atoms with van der Waals surface area (Å²) in [4.78, 5) is 14.3. The number of benzene rings is 1. The standard InChI is InChI=1S/C14H17N3O2/c1-2-17-13-9-11(3-4-12(13)10-15-17)14(18)16-5-7-19-8-6-16/h3-4,9-10H,2,5-8H2,1H3. The highest BCUT2D eigenvalue weighted by Gasteiger charge is 2.19. The molecule has 0 radical (unpaired) electrons. The number of carbonyl (C=O) groups is 1. The van der Waals surface area contributed by atoms with Crippen LogP contribution in [0.15, 0.2) is 24.4 Å². The van der Waals surface area contributed by atoms with Crippen LogP contribution in [0.5, 0.6) is 0 Å². The lowest BCUT2D eigenvalue weighted by molar-refractivity contribution is 0.0303. The number of hydrogen-bond donors (Lipinski definition) is 0. The fourth-order valence-corrected chi connectivity index (χ4v) is 2.40. The molecule has 1 fully saturated rings. The number of aromatic nitrogens is 2. The van der Waals surface area contributed by atoms with E-state index in [1.54, 1.807) is 0 Å². The second-order valence-corrected chi connectivity index (χ2v) is 4.64. The SMILES string of the molecule is CCn1ncc2ccc(C(=O)N3CCOCC3)cc21. The Bertz CT molecular complexity index is 600. The van der Waals surface area contributed by atoms with Crippen LogP contribution in [0.3, 0.4) is 0 Å². The van der Waals surface area contributed by atoms with Gasteiger partial charge in [0, 0.05) is 30.6 Å². The second-order valence-electron chi connectivity index (χ2n) is 4.64. The monoisotopic (exact) mass is 259 g/mol. The first-order valence-corrected chi connectivity index (χ1v) is 6.62. The van der Waals surface area contributed by atoms with Crippen LogP contribution in [-0.2, 0) is 11.3 Å². The third-order valence-electron chi connectivity index (χ3n) is 3.49. The molecule has 2 aromatic rings. The van der Waals surface area contributed by atoms with E-state index < -0.39 is 0 Å². The Morgan fingerprint density at radius 3 is 2.89 bits per heavy atom. The van der Waals surface area contributed by atoms with E-state index in [1.807, 2.05) is 40.9 Å². The third kappa shape index (κ3) is 2.21. The van der Waals surface area contributed by atoms with Crippen LogP contribution >= 0.6 is 0 Å². The van der Waals surface area contributed by atoms with E-state index in [0.717, 1.165) is 23.0 Å². The zero-order chi connectivity index (χ0) is 13.2. The van der Waals surface area contributed by atoms with Gasteiger partial charge in [0.2, 0.25) is 0 Å². The number of ether oxygens (including phenoxy) is 1. The summed E-state index contributed by atoms with van der Waals surface area (Å²) >= 11 is 0. The molecule has 0 N–H and O–H groups in total. The predicted octanol–water partition coefficient (Wildman–Crippen LogP) is 1.53. The predicted molar refractivity (Wildman–Crippen MR) is 72.1 cm³/mol. The minimum atomic E-state index is 0.0778. The normalized spacial score (nSPS) is 15.9. The van der Waals surface area contributed by atoms with Gasteiger partial charge in [-0.15, -0.1) is 0 Å². The van der Waals surface area contributed by atoms with Crippen LogP contribution in [0.1, 0.15) is 17.3 Å². The van der Waals surface area contributed by atoms with E-state index in [1.165, 1.54) is 0 Å². The Kier molecular flexibility index (Phi) is 3.21. The van der Waals surface area contributed by atoms with E-state index >= 15 is 0 Å². The lowest BCUT2D eigenvalue weighted by Crippen LogP contribution is -2.40. The average molecular weight is 259 g/mol. The van der Waals surface area contributed by atoms with Gasteiger partial charge < -0.3 is 9.64 Å². The van der Waals surface area contributed by atoms with Gasteiger partial charge in [-0.05, 0) is 19.1 Å². The van der Waals surface area contributed by atoms with Gasteiger partial charge in [-0.1, -0.05) is 6.07 Å². The van der Waals surface area contributed by atoms with Crippen molar-refractivity contribution in [3.05, 3.63) is 30.0 Å². The average Bonchev–Trinajstić information content (AvgIpc) is 2.89. The molecule has 1 saturated heterocycles. The fraction of sp³-hybridized carbons (Fsp3) is 0.429. The van der Waals surface area contributed by atoms with E-state index in [4.69, 9.17) is 4.74 Å². The molecule has 0 spiro atoms. The summed E-state index contributed by atoms with van der Waals surface area (Å²) in [6.45, 7) is 5.44. The van der Waals surface area contributed by atoms with E-state index in [-0.39, 0.29) is 5.91 Å². The molecule has 0 aliphatic carbocycles. The summed E-state index contributed by atoms with van der Waals surface area (Å²) in [6, 6.07) is 5.77. The zero-order valence-electron chi connectivity index (χ0n) is 11.0. The molecule has 0 atom stereocenters. The van der Waals surface area contributed by atoms with E-state index in [9.17, 15) is 4.79 Å². The van der Waals surface area contributed by atoms with Gasteiger partial charge in [0.05, 0.1) is 24.9 Å². The first kappa shape index (κ1) is 12.2. The third-order valence-corrected chi connectivity index (χ3v) is 3.49. The van der Waals surface area contributed by atoms with Gasteiger partial charge in [-0.25, -0.2) is 0 Å². The van der Waals surface area contributed by atoms with Crippen LogP contribution in [0.4, 0.5) is 0 Å². The van der Waals surface area contributed by atoms with Gasteiger partial charge >= 0.3 is 0 Å². The van der Waals surface area contributed by atoms with Crippen molar-refractivity contribution >= 4 is 16.8 Å². The largest absolute Gasteiger partial charge is 0.378 e. The first-order chi connectivity index (χ1) is 9.29. The summed E-state index contributed by atoms with van der Waals surface area (Å²) in [7, 11) is 0. The Balaban J connectivity index is 1.93. The quantitative estimate of drug-likeness (QED) is 0.821. The molecular formula is C14H17N3O2. The summed E-state index contributed by atoms with van der Waals surface area (Å²) in [5.41, 5.74) is 1.74. The number of nitrogens with zero attached hydrogens (tertiary/aromatic N) is 3. The molecule has 100 valence electrons. The zero-order valence-corrected chi connectivity index (χ0v) is 11.0. The molecule has 0 bridgehead atoms. The maximum Gasteiger partial charge on any atom is 0.254 e. The number of carbonyl (C=O) groups excluding carboxylic acids is 1. The van der Waals surface area contributed by atoms with Crippen molar-refractivity contribution in [3.8, 4) is 0 Å². The molecular weight excluding hydrogens is 242 g/mol. The molecule has 1 amide bonds. The van der Waals surface area contributed by atoms with Gasteiger partial charge in [-0.3, -0.25) is 9.48 Å². The fourth-order valence-electron chi connectivity index (χ4n) is 2.40. The van der Waals surface area contributed by atoms with Gasteiger partial charge in [-0.2, -0.15) is 5.10 Å². The van der Waals surface area contributed by atoms with Gasteiger partial charge in [0.25, 0.3) is 5.91 Å². The molecule has 3 rings (SSSR count). The minimum absolute atomic E-state index is 0.0778. The molecule has 5 nitrogen and oxygen atoms in total. The molecule has 0 saturated carbocycles. The maximum atomic E-state index is 12.4. The highest BCUT2D eigenvalue weighted by molar-refractivity contribution is 5.97. The minimum Gasteiger partial charge on any atom is -0.378 e. The summed E-state index contributed by atoms with van der Waals surface area (Å²) in [5.74, 6) is 0.0778. The summed E-state index contributed by atoms with van der Waals surface area (Å²) in [6.07, 6.45) is 1.84. The molecule has 1 aromatic heterocycles. The lowest BCUT2D eigenvalue weighted by atomic mass is 10.1. The molecule has 1 aliphatic heterocycles. The number of amides is 1. The van der Waals surface area contributed by atoms with Crippen molar-refractivity contribution in [2.45, 2.75) is 13.5 Å². The Morgan fingerprint density at radius 1 is 1.37 bits per heavy atom. The van der Waals surface area contributed by atoms with Crippen molar-refractivity contribution in [3.63, 3.8) is 0 Å². The van der Waals surface area contributed by atoms with Crippen molar-refractivity contribution in [2.24, 2.45) is 0 Å². The Hall–Kier alpha value is -1.88. The molecule has 0 unspecified atom stereocenters. The first-order valence-electron chi connectivity index (χ1n) is 6.62. The Morgan fingerprint density at radius 2 is 2.16 bits per heavy atom.